The molecule has 1 rings (SSSR count). The monoisotopic (exact) mass is 315 g/mol. The number of carbonyl (C=O) groups excluding carboxylic acids is 1. The molecule has 2 unspecified atom stereocenters. The zero-order valence-corrected chi connectivity index (χ0v) is 13.1. The molecule has 0 spiro atoms. The predicted octanol–water partition coefficient (Wildman–Crippen LogP) is 1.75. The summed E-state index contributed by atoms with van der Waals surface area (Å²) in [7, 11) is 1.41. The summed E-state index contributed by atoms with van der Waals surface area (Å²) in [5.74, 6) is -0.327. The molecule has 1 aromatic carbocycles. The summed E-state index contributed by atoms with van der Waals surface area (Å²) in [6, 6.07) is 3.82. The first-order valence-electron chi connectivity index (χ1n) is 6.80. The minimum atomic E-state index is -1.51. The lowest BCUT2D eigenvalue weighted by Gasteiger charge is -2.22. The van der Waals surface area contributed by atoms with E-state index in [0.29, 0.717) is 5.75 Å². The molecule has 124 valence electrons. The van der Waals surface area contributed by atoms with Crippen molar-refractivity contribution in [1.82, 2.24) is 5.32 Å². The topological polar surface area (TPSA) is 88.0 Å². The molecular formula is C15H22FNO5. The highest BCUT2D eigenvalue weighted by molar-refractivity contribution is 5.67. The average Bonchev–Trinajstić information content (AvgIpc) is 2.42. The Bertz CT molecular complexity index is 515. The lowest BCUT2D eigenvalue weighted by molar-refractivity contribution is 0.0112. The predicted molar refractivity (Wildman–Crippen MR) is 78.2 cm³/mol. The van der Waals surface area contributed by atoms with Gasteiger partial charge < -0.3 is 25.0 Å². The normalized spacial score (nSPS) is 14.1. The molecular weight excluding hydrogens is 293 g/mol. The molecule has 0 saturated heterocycles. The van der Waals surface area contributed by atoms with Crippen molar-refractivity contribution >= 4 is 6.09 Å². The molecule has 0 aromatic heterocycles. The third kappa shape index (κ3) is 5.50. The minimum absolute atomic E-state index is 0.113. The Morgan fingerprint density at radius 2 is 2.00 bits per heavy atom. The van der Waals surface area contributed by atoms with Crippen molar-refractivity contribution in [2.24, 2.45) is 0 Å². The summed E-state index contributed by atoms with van der Waals surface area (Å²) in [5, 5.41) is 22.2. The lowest BCUT2D eigenvalue weighted by Crippen LogP contribution is -2.39. The van der Waals surface area contributed by atoms with Gasteiger partial charge >= 0.3 is 6.09 Å². The van der Waals surface area contributed by atoms with Crippen LogP contribution in [0.3, 0.4) is 0 Å². The van der Waals surface area contributed by atoms with E-state index in [-0.39, 0.29) is 12.1 Å². The van der Waals surface area contributed by atoms with Gasteiger partial charge in [0, 0.05) is 12.1 Å². The summed E-state index contributed by atoms with van der Waals surface area (Å²) >= 11 is 0. The van der Waals surface area contributed by atoms with Crippen molar-refractivity contribution in [2.75, 3.05) is 13.7 Å². The van der Waals surface area contributed by atoms with Gasteiger partial charge in [-0.2, -0.15) is 0 Å². The second-order valence-corrected chi connectivity index (χ2v) is 5.78. The number of rotatable bonds is 5. The Morgan fingerprint density at radius 1 is 1.36 bits per heavy atom. The Hall–Kier alpha value is -1.86. The van der Waals surface area contributed by atoms with Gasteiger partial charge in [0.25, 0.3) is 0 Å². The molecule has 7 heteroatoms. The molecule has 0 saturated carbocycles. The highest BCUT2D eigenvalue weighted by Crippen LogP contribution is 2.24. The van der Waals surface area contributed by atoms with Gasteiger partial charge in [0.05, 0.1) is 7.11 Å². The Kier molecular flexibility index (Phi) is 6.13. The fraction of sp³-hybridized carbons (Fsp3) is 0.533. The SMILES string of the molecule is COc1ccc(F)c(C(O)C(O)CNC(=O)OC(C)(C)C)c1. The summed E-state index contributed by atoms with van der Waals surface area (Å²) in [5.41, 5.74) is -0.787. The average molecular weight is 315 g/mol. The van der Waals surface area contributed by atoms with Crippen LogP contribution in [-0.2, 0) is 4.74 Å². The van der Waals surface area contributed by atoms with Gasteiger partial charge in [-0.25, -0.2) is 9.18 Å². The Morgan fingerprint density at radius 3 is 2.55 bits per heavy atom. The Balaban J connectivity index is 2.65. The van der Waals surface area contributed by atoms with Gasteiger partial charge in [-0.1, -0.05) is 0 Å². The van der Waals surface area contributed by atoms with Crippen LogP contribution >= 0.6 is 0 Å². The number of hydrogen-bond acceptors (Lipinski definition) is 5. The summed E-state index contributed by atoms with van der Waals surface area (Å²) in [4.78, 5) is 11.5. The molecule has 0 aliphatic carbocycles. The molecule has 1 aromatic rings. The third-order valence-electron chi connectivity index (χ3n) is 2.74. The quantitative estimate of drug-likeness (QED) is 0.770. The number of benzene rings is 1. The van der Waals surface area contributed by atoms with E-state index in [4.69, 9.17) is 9.47 Å². The van der Waals surface area contributed by atoms with Crippen LogP contribution in [0.5, 0.6) is 5.75 Å². The molecule has 2 atom stereocenters. The van der Waals surface area contributed by atoms with E-state index in [2.05, 4.69) is 5.32 Å². The second kappa shape index (κ2) is 7.42. The van der Waals surface area contributed by atoms with E-state index in [1.54, 1.807) is 20.8 Å². The molecule has 6 nitrogen and oxygen atoms in total. The van der Waals surface area contributed by atoms with E-state index in [0.717, 1.165) is 6.07 Å². The van der Waals surface area contributed by atoms with Crippen molar-refractivity contribution in [3.05, 3.63) is 29.6 Å². The van der Waals surface area contributed by atoms with Gasteiger partial charge in [0.1, 0.15) is 29.4 Å². The number of methoxy groups -OCH3 is 1. The number of hydrogen-bond donors (Lipinski definition) is 3. The van der Waals surface area contributed by atoms with Crippen molar-refractivity contribution in [3.63, 3.8) is 0 Å². The number of alkyl carbamates (subject to hydrolysis) is 1. The summed E-state index contributed by atoms with van der Waals surface area (Å²) < 4.78 is 23.6. The van der Waals surface area contributed by atoms with E-state index in [1.807, 2.05) is 0 Å². The molecule has 1 amide bonds. The molecule has 0 bridgehead atoms. The van der Waals surface area contributed by atoms with Crippen LogP contribution < -0.4 is 10.1 Å². The molecule has 3 N–H and O–H groups in total. The smallest absolute Gasteiger partial charge is 0.407 e. The fourth-order valence-corrected chi connectivity index (χ4v) is 1.70. The van der Waals surface area contributed by atoms with Crippen molar-refractivity contribution < 1.29 is 28.9 Å². The second-order valence-electron chi connectivity index (χ2n) is 5.78. The first-order chi connectivity index (χ1) is 10.1. The number of halogens is 1. The molecule has 0 fully saturated rings. The van der Waals surface area contributed by atoms with Crippen LogP contribution in [-0.4, -0.2) is 41.7 Å². The maximum atomic E-state index is 13.7. The molecule has 0 heterocycles. The minimum Gasteiger partial charge on any atom is -0.497 e. The lowest BCUT2D eigenvalue weighted by atomic mass is 10.0. The summed E-state index contributed by atoms with van der Waals surface area (Å²) in [6.07, 6.45) is -3.64. The molecule has 0 radical (unpaired) electrons. The van der Waals surface area contributed by atoms with Crippen LogP contribution in [0.15, 0.2) is 18.2 Å². The van der Waals surface area contributed by atoms with Crippen molar-refractivity contribution in [1.29, 1.82) is 0 Å². The van der Waals surface area contributed by atoms with Gasteiger partial charge in [-0.05, 0) is 39.0 Å². The fourth-order valence-electron chi connectivity index (χ4n) is 1.70. The van der Waals surface area contributed by atoms with Crippen LogP contribution in [0.2, 0.25) is 0 Å². The number of nitrogens with one attached hydrogen (secondary N) is 1. The van der Waals surface area contributed by atoms with Crippen LogP contribution in [0.1, 0.15) is 32.4 Å². The molecule has 0 aliphatic heterocycles. The van der Waals surface area contributed by atoms with E-state index in [9.17, 15) is 19.4 Å². The number of amides is 1. The summed E-state index contributed by atoms with van der Waals surface area (Å²) in [6.45, 7) is 4.81. The first-order valence-corrected chi connectivity index (χ1v) is 6.80. The van der Waals surface area contributed by atoms with Gasteiger partial charge in [-0.3, -0.25) is 0 Å². The highest BCUT2D eigenvalue weighted by atomic mass is 19.1. The molecule has 22 heavy (non-hydrogen) atoms. The van der Waals surface area contributed by atoms with E-state index < -0.39 is 29.7 Å². The van der Waals surface area contributed by atoms with E-state index >= 15 is 0 Å². The standard InChI is InChI=1S/C15H22FNO5/c1-15(2,3)22-14(20)17-8-12(18)13(19)10-7-9(21-4)5-6-11(10)16/h5-7,12-13,18-19H,8H2,1-4H3,(H,17,20). The number of aliphatic hydroxyl groups excluding tert-OH is 2. The van der Waals surface area contributed by atoms with Crippen molar-refractivity contribution in [3.8, 4) is 5.75 Å². The van der Waals surface area contributed by atoms with Gasteiger partial charge in [0.15, 0.2) is 0 Å². The largest absolute Gasteiger partial charge is 0.497 e. The van der Waals surface area contributed by atoms with Gasteiger partial charge in [-0.15, -0.1) is 0 Å². The Labute approximate surface area is 128 Å². The van der Waals surface area contributed by atoms with E-state index in [1.165, 1.54) is 19.2 Å². The number of ether oxygens (including phenoxy) is 2. The third-order valence-corrected chi connectivity index (χ3v) is 2.74. The maximum absolute atomic E-state index is 13.7. The van der Waals surface area contributed by atoms with Crippen LogP contribution in [0.25, 0.3) is 0 Å². The zero-order chi connectivity index (χ0) is 16.9. The number of aliphatic hydroxyl groups is 2. The van der Waals surface area contributed by atoms with Crippen molar-refractivity contribution in [2.45, 2.75) is 38.6 Å². The van der Waals surface area contributed by atoms with Crippen LogP contribution in [0.4, 0.5) is 9.18 Å². The highest BCUT2D eigenvalue weighted by Gasteiger charge is 2.24. The van der Waals surface area contributed by atoms with Crippen LogP contribution in [0, 0.1) is 5.82 Å². The first kappa shape index (κ1) is 18.2. The number of carbonyl (C=O) groups is 1. The maximum Gasteiger partial charge on any atom is 0.407 e. The molecule has 0 aliphatic rings. The zero-order valence-electron chi connectivity index (χ0n) is 13.1. The van der Waals surface area contributed by atoms with Gasteiger partial charge in [0.2, 0.25) is 0 Å².